The maximum absolute atomic E-state index is 12.5. The number of nitrogen functional groups attached to an aromatic ring is 1. The Balaban J connectivity index is 1.77. The van der Waals surface area contributed by atoms with Gasteiger partial charge in [0.2, 0.25) is 0 Å². The van der Waals surface area contributed by atoms with Crippen LogP contribution in [0.2, 0.25) is 0 Å². The molecule has 0 heterocycles. The number of amides is 1. The molecule has 0 aliphatic heterocycles. The second-order valence-electron chi connectivity index (χ2n) is 6.01. The molecule has 0 spiro atoms. The summed E-state index contributed by atoms with van der Waals surface area (Å²) in [6.07, 6.45) is 0.809. The summed E-state index contributed by atoms with van der Waals surface area (Å²) in [5.74, 6) is -0.142. The lowest BCUT2D eigenvalue weighted by molar-refractivity contribution is 0.0936. The molecule has 3 aromatic carbocycles. The molecular weight excluding hydrogens is 308 g/mol. The molecule has 0 saturated carbocycles. The highest BCUT2D eigenvalue weighted by molar-refractivity contribution is 5.99. The first-order valence-electron chi connectivity index (χ1n) is 8.49. The van der Waals surface area contributed by atoms with E-state index in [4.69, 9.17) is 5.73 Å². The fourth-order valence-electron chi connectivity index (χ4n) is 2.90. The lowest BCUT2D eigenvalue weighted by Gasteiger charge is -2.18. The van der Waals surface area contributed by atoms with Gasteiger partial charge in [-0.25, -0.2) is 0 Å². The van der Waals surface area contributed by atoms with Crippen molar-refractivity contribution in [3.05, 3.63) is 90.0 Å². The summed E-state index contributed by atoms with van der Waals surface area (Å²) >= 11 is 0. The van der Waals surface area contributed by atoms with Crippen LogP contribution in [0.4, 0.5) is 5.69 Å². The molecule has 25 heavy (non-hydrogen) atoms. The van der Waals surface area contributed by atoms with Crippen molar-refractivity contribution in [1.29, 1.82) is 0 Å². The van der Waals surface area contributed by atoms with E-state index in [-0.39, 0.29) is 11.9 Å². The molecule has 0 aliphatic carbocycles. The van der Waals surface area contributed by atoms with Crippen LogP contribution in [-0.4, -0.2) is 5.91 Å². The highest BCUT2D eigenvalue weighted by Gasteiger charge is 2.15. The van der Waals surface area contributed by atoms with Crippen LogP contribution in [-0.2, 0) is 0 Å². The van der Waals surface area contributed by atoms with Gasteiger partial charge in [-0.3, -0.25) is 4.79 Å². The van der Waals surface area contributed by atoms with Crippen LogP contribution in [0.25, 0.3) is 11.1 Å². The third-order valence-electron chi connectivity index (χ3n) is 4.34. The molecule has 0 fully saturated rings. The van der Waals surface area contributed by atoms with Crippen molar-refractivity contribution in [2.24, 2.45) is 0 Å². The van der Waals surface area contributed by atoms with E-state index in [0.717, 1.165) is 17.5 Å². The van der Waals surface area contributed by atoms with Crippen molar-refractivity contribution in [3.63, 3.8) is 0 Å². The third kappa shape index (κ3) is 3.89. The summed E-state index contributed by atoms with van der Waals surface area (Å²) in [6.45, 7) is 2.06. The van der Waals surface area contributed by atoms with E-state index in [1.54, 1.807) is 12.1 Å². The molecule has 126 valence electrons. The van der Waals surface area contributed by atoms with Crippen molar-refractivity contribution >= 4 is 11.6 Å². The van der Waals surface area contributed by atoms with E-state index in [1.807, 2.05) is 30.3 Å². The monoisotopic (exact) mass is 330 g/mol. The number of hydrogen-bond acceptors (Lipinski definition) is 2. The number of para-hydroxylation sites is 1. The molecule has 3 N–H and O–H groups in total. The summed E-state index contributed by atoms with van der Waals surface area (Å²) in [5, 5.41) is 3.08. The normalized spacial score (nSPS) is 11.7. The van der Waals surface area contributed by atoms with Crippen molar-refractivity contribution in [2.75, 3.05) is 5.73 Å². The Labute approximate surface area is 148 Å². The maximum Gasteiger partial charge on any atom is 0.253 e. The van der Waals surface area contributed by atoms with Crippen molar-refractivity contribution in [3.8, 4) is 11.1 Å². The summed E-state index contributed by atoms with van der Waals surface area (Å²) in [4.78, 5) is 12.5. The molecule has 0 radical (unpaired) electrons. The Morgan fingerprint density at radius 3 is 2.12 bits per heavy atom. The van der Waals surface area contributed by atoms with Gasteiger partial charge in [0.25, 0.3) is 5.91 Å². The van der Waals surface area contributed by atoms with Gasteiger partial charge in [-0.05, 0) is 35.2 Å². The fraction of sp³-hybridized carbons (Fsp3) is 0.136. The quantitative estimate of drug-likeness (QED) is 0.659. The Bertz CT molecular complexity index is 841. The molecule has 3 heteroatoms. The van der Waals surface area contributed by atoms with Crippen LogP contribution in [0.5, 0.6) is 0 Å². The summed E-state index contributed by atoms with van der Waals surface area (Å²) in [6, 6.07) is 25.7. The predicted octanol–water partition coefficient (Wildman–Crippen LogP) is 4.82. The number of benzene rings is 3. The lowest BCUT2D eigenvalue weighted by atomic mass is 9.99. The molecule has 1 amide bonds. The number of rotatable bonds is 5. The first-order valence-corrected chi connectivity index (χ1v) is 8.49. The molecule has 0 bridgehead atoms. The number of anilines is 1. The zero-order valence-corrected chi connectivity index (χ0v) is 14.3. The van der Waals surface area contributed by atoms with E-state index in [0.29, 0.717) is 11.3 Å². The van der Waals surface area contributed by atoms with Gasteiger partial charge in [0.15, 0.2) is 0 Å². The summed E-state index contributed by atoms with van der Waals surface area (Å²) in [5.41, 5.74) is 10.3. The molecule has 0 aromatic heterocycles. The molecule has 3 aromatic rings. The molecule has 0 aliphatic rings. The SMILES string of the molecule is CCC(NC(=O)c1ccccc1N)c1ccc(-c2ccccc2)cc1. The minimum Gasteiger partial charge on any atom is -0.398 e. The number of carbonyl (C=O) groups excluding carboxylic acids is 1. The average molecular weight is 330 g/mol. The van der Waals surface area contributed by atoms with Gasteiger partial charge in [0, 0.05) is 5.69 Å². The first kappa shape index (κ1) is 16.8. The Morgan fingerprint density at radius 1 is 0.880 bits per heavy atom. The van der Waals surface area contributed by atoms with Crippen LogP contribution in [0.15, 0.2) is 78.9 Å². The maximum atomic E-state index is 12.5. The number of nitrogens with one attached hydrogen (secondary N) is 1. The second kappa shape index (κ2) is 7.67. The van der Waals surface area contributed by atoms with E-state index in [9.17, 15) is 4.79 Å². The smallest absolute Gasteiger partial charge is 0.253 e. The Morgan fingerprint density at radius 2 is 1.48 bits per heavy atom. The largest absolute Gasteiger partial charge is 0.398 e. The zero-order chi connectivity index (χ0) is 17.6. The van der Waals surface area contributed by atoms with E-state index in [2.05, 4.69) is 48.6 Å². The van der Waals surface area contributed by atoms with Crippen molar-refractivity contribution < 1.29 is 4.79 Å². The van der Waals surface area contributed by atoms with E-state index in [1.165, 1.54) is 5.56 Å². The third-order valence-corrected chi connectivity index (χ3v) is 4.34. The summed E-state index contributed by atoms with van der Waals surface area (Å²) in [7, 11) is 0. The number of nitrogens with two attached hydrogens (primary N) is 1. The van der Waals surface area contributed by atoms with Crippen molar-refractivity contribution in [2.45, 2.75) is 19.4 Å². The van der Waals surface area contributed by atoms with Gasteiger partial charge in [0.05, 0.1) is 11.6 Å². The van der Waals surface area contributed by atoms with Gasteiger partial charge < -0.3 is 11.1 Å². The van der Waals surface area contributed by atoms with E-state index < -0.39 is 0 Å². The Hall–Kier alpha value is -3.07. The number of hydrogen-bond donors (Lipinski definition) is 2. The molecule has 3 nitrogen and oxygen atoms in total. The predicted molar refractivity (Wildman–Crippen MR) is 103 cm³/mol. The molecule has 0 saturated heterocycles. The average Bonchev–Trinajstić information content (AvgIpc) is 2.67. The summed E-state index contributed by atoms with van der Waals surface area (Å²) < 4.78 is 0. The number of carbonyl (C=O) groups is 1. The molecule has 1 unspecified atom stereocenters. The highest BCUT2D eigenvalue weighted by Crippen LogP contribution is 2.24. The lowest BCUT2D eigenvalue weighted by Crippen LogP contribution is -2.28. The highest BCUT2D eigenvalue weighted by atomic mass is 16.1. The minimum absolute atomic E-state index is 0.0445. The van der Waals surface area contributed by atoms with Crippen LogP contribution < -0.4 is 11.1 Å². The van der Waals surface area contributed by atoms with Crippen molar-refractivity contribution in [1.82, 2.24) is 5.32 Å². The van der Waals surface area contributed by atoms with Gasteiger partial charge in [-0.1, -0.05) is 73.7 Å². The zero-order valence-electron chi connectivity index (χ0n) is 14.3. The van der Waals surface area contributed by atoms with E-state index >= 15 is 0 Å². The topological polar surface area (TPSA) is 55.1 Å². The fourth-order valence-corrected chi connectivity index (χ4v) is 2.90. The van der Waals surface area contributed by atoms with Crippen LogP contribution in [0, 0.1) is 0 Å². The molecule has 3 rings (SSSR count). The van der Waals surface area contributed by atoms with Crippen LogP contribution in [0.3, 0.4) is 0 Å². The second-order valence-corrected chi connectivity index (χ2v) is 6.01. The van der Waals surface area contributed by atoms with Crippen LogP contribution >= 0.6 is 0 Å². The molecule has 1 atom stereocenters. The minimum atomic E-state index is -0.142. The first-order chi connectivity index (χ1) is 12.2. The van der Waals surface area contributed by atoms with Gasteiger partial charge in [-0.2, -0.15) is 0 Å². The van der Waals surface area contributed by atoms with Gasteiger partial charge >= 0.3 is 0 Å². The van der Waals surface area contributed by atoms with Gasteiger partial charge in [-0.15, -0.1) is 0 Å². The van der Waals surface area contributed by atoms with Crippen LogP contribution in [0.1, 0.15) is 35.3 Å². The van der Waals surface area contributed by atoms with Gasteiger partial charge in [0.1, 0.15) is 0 Å². The molecular formula is C22H22N2O. The standard InChI is InChI=1S/C22H22N2O/c1-2-21(24-22(25)19-10-6-7-11-20(19)23)18-14-12-17(13-15-18)16-8-4-3-5-9-16/h3-15,21H,2,23H2,1H3,(H,24,25). The Kier molecular flexibility index (Phi) is 5.14.